The Morgan fingerprint density at radius 2 is 2.27 bits per heavy atom. The molecular weight excluding hydrogens is 208 g/mol. The molecule has 1 aromatic carbocycles. The zero-order chi connectivity index (χ0) is 11.1. The van der Waals surface area contributed by atoms with Crippen LogP contribution in [0.15, 0.2) is 18.2 Å². The number of aryl methyl sites for hydroxylation is 1. The Morgan fingerprint density at radius 1 is 1.53 bits per heavy atom. The summed E-state index contributed by atoms with van der Waals surface area (Å²) in [6.45, 7) is 3.75. The topological polar surface area (TPSA) is 59.1 Å². The quantitative estimate of drug-likeness (QED) is 0.814. The standard InChI is InChI=1S/C11H14N2OS/c1-7-3-4-8-9(5-7)15-10(13-8)11(2,12)6-14/h3-5,14H,6,12H2,1-2H3. The van der Waals surface area contributed by atoms with Gasteiger partial charge in [0.2, 0.25) is 0 Å². The minimum absolute atomic E-state index is 0.0915. The van der Waals surface area contributed by atoms with E-state index < -0.39 is 5.54 Å². The van der Waals surface area contributed by atoms with Gasteiger partial charge in [0.05, 0.1) is 22.4 Å². The SMILES string of the molecule is Cc1ccc2nc(C(C)(N)CO)sc2c1. The summed E-state index contributed by atoms with van der Waals surface area (Å²) in [5, 5.41) is 9.95. The molecule has 0 aliphatic rings. The number of aliphatic hydroxyl groups excluding tert-OH is 1. The molecule has 1 heterocycles. The maximum absolute atomic E-state index is 9.17. The monoisotopic (exact) mass is 222 g/mol. The van der Waals surface area contributed by atoms with E-state index in [1.807, 2.05) is 19.1 Å². The predicted molar refractivity (Wildman–Crippen MR) is 63.0 cm³/mol. The highest BCUT2D eigenvalue weighted by atomic mass is 32.1. The van der Waals surface area contributed by atoms with E-state index in [0.717, 1.165) is 15.2 Å². The maximum Gasteiger partial charge on any atom is 0.116 e. The molecule has 0 aliphatic carbocycles. The third-order valence-electron chi connectivity index (χ3n) is 2.36. The Kier molecular flexibility index (Phi) is 2.50. The fraction of sp³-hybridized carbons (Fsp3) is 0.364. The average Bonchev–Trinajstić information content (AvgIpc) is 2.61. The Bertz CT molecular complexity index is 490. The van der Waals surface area contributed by atoms with Crippen LogP contribution in [0.3, 0.4) is 0 Å². The van der Waals surface area contributed by atoms with Crippen LogP contribution in [-0.2, 0) is 5.54 Å². The Hall–Kier alpha value is -0.970. The molecule has 1 unspecified atom stereocenters. The van der Waals surface area contributed by atoms with Crippen LogP contribution >= 0.6 is 11.3 Å². The molecule has 0 amide bonds. The number of nitrogens with two attached hydrogens (primary N) is 1. The van der Waals surface area contributed by atoms with Crippen LogP contribution in [0.5, 0.6) is 0 Å². The molecule has 0 saturated heterocycles. The second-order valence-corrected chi connectivity index (χ2v) is 5.10. The van der Waals surface area contributed by atoms with Gasteiger partial charge < -0.3 is 10.8 Å². The first-order chi connectivity index (χ1) is 7.03. The van der Waals surface area contributed by atoms with Crippen molar-refractivity contribution in [2.45, 2.75) is 19.4 Å². The first-order valence-electron chi connectivity index (χ1n) is 4.80. The van der Waals surface area contributed by atoms with E-state index >= 15 is 0 Å². The lowest BCUT2D eigenvalue weighted by atomic mass is 10.1. The second kappa shape index (κ2) is 3.56. The fourth-order valence-electron chi connectivity index (χ4n) is 1.34. The van der Waals surface area contributed by atoms with Gasteiger partial charge >= 0.3 is 0 Å². The van der Waals surface area contributed by atoms with E-state index in [0.29, 0.717) is 0 Å². The third-order valence-corrected chi connectivity index (χ3v) is 3.66. The molecule has 0 saturated carbocycles. The molecule has 3 N–H and O–H groups in total. The van der Waals surface area contributed by atoms with Gasteiger partial charge in [0, 0.05) is 0 Å². The highest BCUT2D eigenvalue weighted by Gasteiger charge is 2.24. The summed E-state index contributed by atoms with van der Waals surface area (Å²) in [6.07, 6.45) is 0. The average molecular weight is 222 g/mol. The highest BCUT2D eigenvalue weighted by molar-refractivity contribution is 7.18. The number of nitrogens with zero attached hydrogens (tertiary/aromatic N) is 1. The zero-order valence-corrected chi connectivity index (χ0v) is 9.64. The lowest BCUT2D eigenvalue weighted by Crippen LogP contribution is -2.36. The number of aromatic nitrogens is 1. The number of benzene rings is 1. The molecule has 0 aliphatic heterocycles. The number of hydrogen-bond acceptors (Lipinski definition) is 4. The van der Waals surface area contributed by atoms with Crippen LogP contribution in [0.25, 0.3) is 10.2 Å². The number of hydrogen-bond donors (Lipinski definition) is 2. The third kappa shape index (κ3) is 1.88. The van der Waals surface area contributed by atoms with Crippen molar-refractivity contribution in [2.75, 3.05) is 6.61 Å². The van der Waals surface area contributed by atoms with E-state index in [1.165, 1.54) is 5.56 Å². The normalized spacial score (nSPS) is 15.5. The second-order valence-electron chi connectivity index (χ2n) is 4.07. The maximum atomic E-state index is 9.17. The van der Waals surface area contributed by atoms with Gasteiger partial charge in [0.15, 0.2) is 0 Å². The van der Waals surface area contributed by atoms with E-state index in [9.17, 15) is 0 Å². The number of rotatable bonds is 2. The summed E-state index contributed by atoms with van der Waals surface area (Å²) in [4.78, 5) is 4.43. The summed E-state index contributed by atoms with van der Waals surface area (Å²) in [7, 11) is 0. The van der Waals surface area contributed by atoms with Crippen molar-refractivity contribution in [3.05, 3.63) is 28.8 Å². The minimum Gasteiger partial charge on any atom is -0.394 e. The van der Waals surface area contributed by atoms with Crippen molar-refractivity contribution in [1.29, 1.82) is 0 Å². The molecule has 0 radical (unpaired) electrons. The van der Waals surface area contributed by atoms with Gasteiger partial charge in [-0.15, -0.1) is 11.3 Å². The Morgan fingerprint density at radius 3 is 2.93 bits per heavy atom. The number of fused-ring (bicyclic) bond motifs is 1. The van der Waals surface area contributed by atoms with Crippen LogP contribution in [0.1, 0.15) is 17.5 Å². The van der Waals surface area contributed by atoms with E-state index in [4.69, 9.17) is 10.8 Å². The highest BCUT2D eigenvalue weighted by Crippen LogP contribution is 2.28. The summed E-state index contributed by atoms with van der Waals surface area (Å²) >= 11 is 1.55. The lowest BCUT2D eigenvalue weighted by Gasteiger charge is -2.17. The van der Waals surface area contributed by atoms with Gasteiger partial charge in [0.25, 0.3) is 0 Å². The molecular formula is C11H14N2OS. The van der Waals surface area contributed by atoms with Gasteiger partial charge in [-0.25, -0.2) is 4.98 Å². The van der Waals surface area contributed by atoms with E-state index in [2.05, 4.69) is 11.1 Å². The van der Waals surface area contributed by atoms with Crippen LogP contribution in [0, 0.1) is 6.92 Å². The van der Waals surface area contributed by atoms with Gasteiger partial charge in [-0.05, 0) is 31.5 Å². The van der Waals surface area contributed by atoms with Crippen LogP contribution in [-0.4, -0.2) is 16.7 Å². The molecule has 15 heavy (non-hydrogen) atoms. The van der Waals surface area contributed by atoms with Crippen LogP contribution in [0.4, 0.5) is 0 Å². The molecule has 1 aromatic heterocycles. The Labute approximate surface area is 92.6 Å². The van der Waals surface area contributed by atoms with Gasteiger partial charge in [-0.3, -0.25) is 0 Å². The van der Waals surface area contributed by atoms with Gasteiger partial charge in [0.1, 0.15) is 5.01 Å². The molecule has 1 atom stereocenters. The summed E-state index contributed by atoms with van der Waals surface area (Å²) in [5.41, 5.74) is 7.36. The molecule has 2 rings (SSSR count). The van der Waals surface area contributed by atoms with Crippen LogP contribution in [0.2, 0.25) is 0 Å². The first kappa shape index (κ1) is 10.5. The molecule has 0 spiro atoms. The summed E-state index contributed by atoms with van der Waals surface area (Å²) in [6, 6.07) is 6.10. The largest absolute Gasteiger partial charge is 0.394 e. The van der Waals surface area contributed by atoms with E-state index in [1.54, 1.807) is 18.3 Å². The molecule has 3 nitrogen and oxygen atoms in total. The Balaban J connectivity index is 2.56. The van der Waals surface area contributed by atoms with Crippen molar-refractivity contribution in [1.82, 2.24) is 4.98 Å². The predicted octanol–water partition coefficient (Wildman–Crippen LogP) is 1.77. The molecule has 0 fully saturated rings. The minimum atomic E-state index is -0.739. The van der Waals surface area contributed by atoms with Crippen molar-refractivity contribution >= 4 is 21.6 Å². The molecule has 4 heteroatoms. The smallest absolute Gasteiger partial charge is 0.116 e. The van der Waals surface area contributed by atoms with Crippen molar-refractivity contribution < 1.29 is 5.11 Å². The van der Waals surface area contributed by atoms with Crippen molar-refractivity contribution in [3.8, 4) is 0 Å². The lowest BCUT2D eigenvalue weighted by molar-refractivity contribution is 0.210. The number of thiazole rings is 1. The summed E-state index contributed by atoms with van der Waals surface area (Å²) < 4.78 is 1.12. The summed E-state index contributed by atoms with van der Waals surface area (Å²) in [5.74, 6) is 0. The van der Waals surface area contributed by atoms with Gasteiger partial charge in [-0.2, -0.15) is 0 Å². The van der Waals surface area contributed by atoms with Crippen LogP contribution < -0.4 is 5.73 Å². The molecule has 2 aromatic rings. The first-order valence-corrected chi connectivity index (χ1v) is 5.62. The van der Waals surface area contributed by atoms with Crippen molar-refractivity contribution in [2.24, 2.45) is 5.73 Å². The number of aliphatic hydroxyl groups is 1. The zero-order valence-electron chi connectivity index (χ0n) is 8.82. The van der Waals surface area contributed by atoms with E-state index in [-0.39, 0.29) is 6.61 Å². The van der Waals surface area contributed by atoms with Crippen molar-refractivity contribution in [3.63, 3.8) is 0 Å². The fourth-order valence-corrected chi connectivity index (χ4v) is 2.46. The molecule has 80 valence electrons. The van der Waals surface area contributed by atoms with Gasteiger partial charge in [-0.1, -0.05) is 6.07 Å². The molecule has 0 bridgehead atoms.